The first-order chi connectivity index (χ1) is 12.7. The molecule has 1 atom stereocenters. The Morgan fingerprint density at radius 2 is 2.12 bits per heavy atom. The standard InChI is InChI=1S/C21H22N2O3/c1-3-10-23-20(22-18-7-5-4-6-17(18)21(23)24)15-11-14-8-9-16(25-2)12-19(14)26-13-15/h4-9,11-12,20,22H,3,10,13H2,1-2H3. The van der Waals surface area contributed by atoms with Gasteiger partial charge in [-0.1, -0.05) is 19.1 Å². The third-order valence-electron chi connectivity index (χ3n) is 4.79. The van der Waals surface area contributed by atoms with Gasteiger partial charge in [0, 0.05) is 29.4 Å². The topological polar surface area (TPSA) is 50.8 Å². The second kappa shape index (κ2) is 6.75. The molecule has 2 aromatic rings. The van der Waals surface area contributed by atoms with E-state index in [4.69, 9.17) is 9.47 Å². The largest absolute Gasteiger partial charge is 0.497 e. The summed E-state index contributed by atoms with van der Waals surface area (Å²) in [6, 6.07) is 13.5. The van der Waals surface area contributed by atoms with Crippen molar-refractivity contribution in [2.45, 2.75) is 19.5 Å². The molecule has 0 saturated carbocycles. The molecule has 1 unspecified atom stereocenters. The molecule has 0 spiro atoms. The molecule has 0 radical (unpaired) electrons. The quantitative estimate of drug-likeness (QED) is 0.912. The van der Waals surface area contributed by atoms with E-state index in [1.807, 2.05) is 47.4 Å². The van der Waals surface area contributed by atoms with E-state index in [1.165, 1.54) is 0 Å². The zero-order chi connectivity index (χ0) is 18.1. The highest BCUT2D eigenvalue weighted by atomic mass is 16.5. The molecule has 1 N–H and O–H groups in total. The fraction of sp³-hybridized carbons (Fsp3) is 0.286. The zero-order valence-corrected chi connectivity index (χ0v) is 15.0. The lowest BCUT2D eigenvalue weighted by Gasteiger charge is -2.39. The van der Waals surface area contributed by atoms with E-state index in [-0.39, 0.29) is 12.1 Å². The van der Waals surface area contributed by atoms with Crippen molar-refractivity contribution in [3.8, 4) is 11.5 Å². The maximum atomic E-state index is 13.0. The van der Waals surface area contributed by atoms with E-state index >= 15 is 0 Å². The number of amides is 1. The van der Waals surface area contributed by atoms with Crippen molar-refractivity contribution in [3.63, 3.8) is 0 Å². The maximum absolute atomic E-state index is 13.0. The first-order valence-corrected chi connectivity index (χ1v) is 8.89. The van der Waals surface area contributed by atoms with Crippen LogP contribution in [0.2, 0.25) is 0 Å². The van der Waals surface area contributed by atoms with Crippen LogP contribution in [0.3, 0.4) is 0 Å². The van der Waals surface area contributed by atoms with E-state index in [9.17, 15) is 4.79 Å². The molecule has 0 bridgehead atoms. The highest BCUT2D eigenvalue weighted by Crippen LogP contribution is 2.34. The molecule has 0 aromatic heterocycles. The van der Waals surface area contributed by atoms with Crippen molar-refractivity contribution >= 4 is 17.7 Å². The van der Waals surface area contributed by atoms with Crippen molar-refractivity contribution in [1.29, 1.82) is 0 Å². The van der Waals surface area contributed by atoms with Crippen LogP contribution in [0.4, 0.5) is 5.69 Å². The molecule has 0 fully saturated rings. The van der Waals surface area contributed by atoms with Gasteiger partial charge in [0.25, 0.3) is 5.91 Å². The second-order valence-electron chi connectivity index (χ2n) is 6.50. The number of nitrogens with one attached hydrogen (secondary N) is 1. The van der Waals surface area contributed by atoms with Gasteiger partial charge in [0.1, 0.15) is 24.3 Å². The summed E-state index contributed by atoms with van der Waals surface area (Å²) in [5.41, 5.74) is 3.63. The Morgan fingerprint density at radius 1 is 1.27 bits per heavy atom. The Labute approximate surface area is 153 Å². The Hall–Kier alpha value is -2.95. The molecule has 0 aliphatic carbocycles. The van der Waals surface area contributed by atoms with Crippen LogP contribution in [-0.2, 0) is 0 Å². The van der Waals surface area contributed by atoms with Gasteiger partial charge in [-0.15, -0.1) is 0 Å². The van der Waals surface area contributed by atoms with E-state index in [0.29, 0.717) is 13.2 Å². The molecule has 2 aliphatic rings. The minimum Gasteiger partial charge on any atom is -0.497 e. The van der Waals surface area contributed by atoms with Gasteiger partial charge >= 0.3 is 0 Å². The number of methoxy groups -OCH3 is 1. The lowest BCUT2D eigenvalue weighted by molar-refractivity contribution is 0.0703. The first-order valence-electron chi connectivity index (χ1n) is 8.89. The molecular formula is C21H22N2O3. The van der Waals surface area contributed by atoms with Crippen molar-refractivity contribution < 1.29 is 14.3 Å². The molecule has 5 nitrogen and oxygen atoms in total. The van der Waals surface area contributed by atoms with E-state index in [0.717, 1.165) is 40.3 Å². The summed E-state index contributed by atoms with van der Waals surface area (Å²) in [5.74, 6) is 1.64. The Balaban J connectivity index is 1.71. The van der Waals surface area contributed by atoms with Crippen LogP contribution in [0.25, 0.3) is 6.08 Å². The number of rotatable bonds is 4. The Bertz CT molecular complexity index is 875. The van der Waals surface area contributed by atoms with Crippen LogP contribution >= 0.6 is 0 Å². The van der Waals surface area contributed by atoms with Crippen molar-refractivity contribution in [1.82, 2.24) is 4.90 Å². The van der Waals surface area contributed by atoms with Gasteiger partial charge in [0.15, 0.2) is 0 Å². The molecule has 5 heteroatoms. The highest BCUT2D eigenvalue weighted by molar-refractivity contribution is 6.02. The molecule has 4 rings (SSSR count). The fourth-order valence-corrected chi connectivity index (χ4v) is 3.50. The summed E-state index contributed by atoms with van der Waals surface area (Å²) in [4.78, 5) is 14.9. The average molecular weight is 350 g/mol. The van der Waals surface area contributed by atoms with Gasteiger partial charge in [0.05, 0.1) is 12.7 Å². The summed E-state index contributed by atoms with van der Waals surface area (Å²) < 4.78 is 11.2. The number of ether oxygens (including phenoxy) is 2. The fourth-order valence-electron chi connectivity index (χ4n) is 3.50. The number of nitrogens with zero attached hydrogens (tertiary/aromatic N) is 1. The molecule has 1 amide bonds. The molecule has 26 heavy (non-hydrogen) atoms. The zero-order valence-electron chi connectivity index (χ0n) is 15.0. The van der Waals surface area contributed by atoms with Gasteiger partial charge in [-0.3, -0.25) is 4.79 Å². The van der Waals surface area contributed by atoms with Crippen LogP contribution in [-0.4, -0.2) is 37.2 Å². The highest BCUT2D eigenvalue weighted by Gasteiger charge is 2.34. The minimum absolute atomic E-state index is 0.0626. The van der Waals surface area contributed by atoms with Crippen LogP contribution in [0.15, 0.2) is 48.0 Å². The SMILES string of the molecule is CCCN1C(=O)c2ccccc2NC1C1=Cc2ccc(OC)cc2OC1. The normalized spacial score (nSPS) is 18.2. The first kappa shape index (κ1) is 16.5. The third kappa shape index (κ3) is 2.79. The van der Waals surface area contributed by atoms with Crippen LogP contribution < -0.4 is 14.8 Å². The number of anilines is 1. The maximum Gasteiger partial charge on any atom is 0.257 e. The molecule has 134 valence electrons. The number of hydrogen-bond acceptors (Lipinski definition) is 4. The number of fused-ring (bicyclic) bond motifs is 2. The molecule has 2 aromatic carbocycles. The number of para-hydroxylation sites is 1. The Kier molecular flexibility index (Phi) is 4.29. The number of carbonyl (C=O) groups excluding carboxylic acids is 1. The smallest absolute Gasteiger partial charge is 0.257 e. The molecule has 0 saturated heterocycles. The van der Waals surface area contributed by atoms with Gasteiger partial charge in [-0.05, 0) is 36.8 Å². The van der Waals surface area contributed by atoms with Crippen molar-refractivity contribution in [3.05, 3.63) is 59.2 Å². The lowest BCUT2D eigenvalue weighted by Crippen LogP contribution is -2.51. The summed E-state index contributed by atoms with van der Waals surface area (Å²) >= 11 is 0. The lowest BCUT2D eigenvalue weighted by atomic mass is 10.00. The van der Waals surface area contributed by atoms with Crippen LogP contribution in [0, 0.1) is 0 Å². The van der Waals surface area contributed by atoms with E-state index in [2.05, 4.69) is 18.3 Å². The predicted octanol–water partition coefficient (Wildman–Crippen LogP) is 3.78. The molecule has 2 heterocycles. The number of hydrogen-bond donors (Lipinski definition) is 1. The van der Waals surface area contributed by atoms with Gasteiger partial charge in [-0.25, -0.2) is 0 Å². The predicted molar refractivity (Wildman–Crippen MR) is 102 cm³/mol. The van der Waals surface area contributed by atoms with Gasteiger partial charge in [-0.2, -0.15) is 0 Å². The molecule has 2 aliphatic heterocycles. The second-order valence-corrected chi connectivity index (χ2v) is 6.50. The number of carbonyl (C=O) groups is 1. The van der Waals surface area contributed by atoms with Gasteiger partial charge in [0.2, 0.25) is 0 Å². The van der Waals surface area contributed by atoms with E-state index in [1.54, 1.807) is 7.11 Å². The Morgan fingerprint density at radius 3 is 2.92 bits per heavy atom. The van der Waals surface area contributed by atoms with Crippen molar-refractivity contribution in [2.75, 3.05) is 25.6 Å². The van der Waals surface area contributed by atoms with Crippen LogP contribution in [0.5, 0.6) is 11.5 Å². The third-order valence-corrected chi connectivity index (χ3v) is 4.79. The summed E-state index contributed by atoms with van der Waals surface area (Å²) in [5, 5.41) is 3.52. The summed E-state index contributed by atoms with van der Waals surface area (Å²) in [6.45, 7) is 3.21. The van der Waals surface area contributed by atoms with Crippen LogP contribution in [0.1, 0.15) is 29.3 Å². The molecular weight excluding hydrogens is 328 g/mol. The summed E-state index contributed by atoms with van der Waals surface area (Å²) in [6.07, 6.45) is 2.81. The average Bonchev–Trinajstić information content (AvgIpc) is 2.69. The van der Waals surface area contributed by atoms with Gasteiger partial charge < -0.3 is 19.7 Å². The number of benzene rings is 2. The van der Waals surface area contributed by atoms with E-state index < -0.39 is 0 Å². The monoisotopic (exact) mass is 350 g/mol. The minimum atomic E-state index is -0.201. The van der Waals surface area contributed by atoms with Crippen molar-refractivity contribution in [2.24, 2.45) is 0 Å². The summed E-state index contributed by atoms with van der Waals surface area (Å²) in [7, 11) is 1.64.